The van der Waals surface area contributed by atoms with Crippen LogP contribution in [-0.4, -0.2) is 13.1 Å². The molecule has 0 saturated heterocycles. The highest BCUT2D eigenvalue weighted by molar-refractivity contribution is 6.30. The summed E-state index contributed by atoms with van der Waals surface area (Å²) in [4.78, 5) is 10.9. The molecule has 16 heavy (non-hydrogen) atoms. The second kappa shape index (κ2) is 5.82. The molecule has 3 nitrogen and oxygen atoms in total. The van der Waals surface area contributed by atoms with E-state index in [0.717, 1.165) is 0 Å². The van der Waals surface area contributed by atoms with Crippen LogP contribution in [0.25, 0.3) is 0 Å². The number of ether oxygens (including phenoxy) is 1. The first kappa shape index (κ1) is 12.9. The van der Waals surface area contributed by atoms with E-state index < -0.39 is 5.82 Å². The third-order valence-electron chi connectivity index (χ3n) is 2.26. The fraction of sp³-hybridized carbons (Fsp3) is 0.364. The lowest BCUT2D eigenvalue weighted by Crippen LogP contribution is -2.13. The summed E-state index contributed by atoms with van der Waals surface area (Å²) >= 11 is 5.63. The Labute approximate surface area is 98.3 Å². The lowest BCUT2D eigenvalue weighted by atomic mass is 10.0. The highest BCUT2D eigenvalue weighted by Gasteiger charge is 2.11. The number of methoxy groups -OCH3 is 1. The van der Waals surface area contributed by atoms with Gasteiger partial charge >= 0.3 is 5.97 Å². The summed E-state index contributed by atoms with van der Waals surface area (Å²) in [6.07, 6.45) is 0.668. The van der Waals surface area contributed by atoms with E-state index in [1.165, 1.54) is 19.2 Å². The quantitative estimate of drug-likeness (QED) is 0.829. The molecule has 0 spiro atoms. The zero-order valence-corrected chi connectivity index (χ0v) is 9.63. The normalized spacial score (nSPS) is 12.2. The summed E-state index contributed by atoms with van der Waals surface area (Å²) in [5.74, 6) is -0.797. The molecule has 0 saturated carbocycles. The Balaban J connectivity index is 2.62. The molecule has 1 atom stereocenters. The van der Waals surface area contributed by atoms with Crippen molar-refractivity contribution in [3.63, 3.8) is 0 Å². The molecule has 0 fully saturated rings. The summed E-state index contributed by atoms with van der Waals surface area (Å²) in [5, 5.41) is 0.0334. The van der Waals surface area contributed by atoms with Crippen LogP contribution in [0, 0.1) is 5.82 Å². The van der Waals surface area contributed by atoms with Gasteiger partial charge in [-0.2, -0.15) is 0 Å². The first-order valence-electron chi connectivity index (χ1n) is 4.82. The van der Waals surface area contributed by atoms with E-state index in [-0.39, 0.29) is 23.5 Å². The average Bonchev–Trinajstić information content (AvgIpc) is 2.29. The predicted octanol–water partition coefficient (Wildman–Crippen LogP) is 2.43. The zero-order chi connectivity index (χ0) is 12.1. The molecule has 88 valence electrons. The van der Waals surface area contributed by atoms with Crippen LogP contribution in [0.3, 0.4) is 0 Å². The van der Waals surface area contributed by atoms with Gasteiger partial charge in [-0.15, -0.1) is 0 Å². The topological polar surface area (TPSA) is 52.3 Å². The third kappa shape index (κ3) is 3.47. The molecule has 2 N–H and O–H groups in total. The van der Waals surface area contributed by atoms with Gasteiger partial charge in [0.15, 0.2) is 0 Å². The molecule has 0 amide bonds. The van der Waals surface area contributed by atoms with E-state index in [0.29, 0.717) is 12.0 Å². The molecule has 0 aliphatic rings. The molecular weight excluding hydrogens is 233 g/mol. The number of carbonyl (C=O) groups is 1. The van der Waals surface area contributed by atoms with E-state index in [1.54, 1.807) is 6.07 Å². The van der Waals surface area contributed by atoms with Gasteiger partial charge in [0.1, 0.15) is 5.82 Å². The molecule has 5 heteroatoms. The van der Waals surface area contributed by atoms with Crippen molar-refractivity contribution in [1.82, 2.24) is 0 Å². The molecular formula is C11H13ClFNO2. The van der Waals surface area contributed by atoms with Crippen LogP contribution >= 0.6 is 11.6 Å². The molecule has 0 bridgehead atoms. The smallest absolute Gasteiger partial charge is 0.305 e. The van der Waals surface area contributed by atoms with Crippen molar-refractivity contribution in [2.75, 3.05) is 7.11 Å². The highest BCUT2D eigenvalue weighted by atomic mass is 35.5. The molecule has 0 radical (unpaired) electrons. The Morgan fingerprint density at radius 1 is 1.62 bits per heavy atom. The molecule has 0 heterocycles. The van der Waals surface area contributed by atoms with Gasteiger partial charge in [-0.05, 0) is 24.1 Å². The second-order valence-corrected chi connectivity index (χ2v) is 3.80. The number of nitrogens with two attached hydrogens (primary N) is 1. The summed E-state index contributed by atoms with van der Waals surface area (Å²) in [6, 6.07) is 3.94. The fourth-order valence-electron chi connectivity index (χ4n) is 1.29. The molecule has 0 aliphatic heterocycles. The Morgan fingerprint density at radius 2 is 2.31 bits per heavy atom. The standard InChI is InChI=1S/C11H13ClFNO2/c1-16-11(15)5-4-10(14)7-2-3-9(13)8(12)6-7/h2-3,6,10H,4-5,14H2,1H3. The first-order chi connectivity index (χ1) is 7.54. The van der Waals surface area contributed by atoms with Crippen molar-refractivity contribution in [2.45, 2.75) is 18.9 Å². The SMILES string of the molecule is COC(=O)CCC(N)c1ccc(F)c(Cl)c1. The molecule has 1 rings (SSSR count). The molecule has 1 aromatic rings. The number of hydrogen-bond acceptors (Lipinski definition) is 3. The first-order valence-corrected chi connectivity index (χ1v) is 5.19. The van der Waals surface area contributed by atoms with Crippen molar-refractivity contribution in [2.24, 2.45) is 5.73 Å². The number of hydrogen-bond donors (Lipinski definition) is 1. The molecule has 0 aromatic heterocycles. The zero-order valence-electron chi connectivity index (χ0n) is 8.87. The lowest BCUT2D eigenvalue weighted by Gasteiger charge is -2.11. The van der Waals surface area contributed by atoms with E-state index in [1.807, 2.05) is 0 Å². The molecule has 0 aliphatic carbocycles. The van der Waals surface area contributed by atoms with Crippen molar-refractivity contribution < 1.29 is 13.9 Å². The summed E-state index contributed by atoms with van der Waals surface area (Å²) in [6.45, 7) is 0. The van der Waals surface area contributed by atoms with Crippen LogP contribution in [0.15, 0.2) is 18.2 Å². The number of benzene rings is 1. The van der Waals surface area contributed by atoms with Gasteiger partial charge in [0.25, 0.3) is 0 Å². The van der Waals surface area contributed by atoms with Gasteiger partial charge in [0.05, 0.1) is 12.1 Å². The Kier molecular flexibility index (Phi) is 4.71. The number of rotatable bonds is 4. The Morgan fingerprint density at radius 3 is 2.88 bits per heavy atom. The van der Waals surface area contributed by atoms with Gasteiger partial charge in [-0.25, -0.2) is 4.39 Å². The van der Waals surface area contributed by atoms with Crippen molar-refractivity contribution in [3.8, 4) is 0 Å². The monoisotopic (exact) mass is 245 g/mol. The van der Waals surface area contributed by atoms with Gasteiger partial charge in [0, 0.05) is 12.5 Å². The second-order valence-electron chi connectivity index (χ2n) is 3.39. The Bertz CT molecular complexity index is 384. The van der Waals surface area contributed by atoms with Gasteiger partial charge < -0.3 is 10.5 Å². The minimum atomic E-state index is -0.481. The maximum Gasteiger partial charge on any atom is 0.305 e. The predicted molar refractivity (Wildman–Crippen MR) is 59.6 cm³/mol. The average molecular weight is 246 g/mol. The van der Waals surface area contributed by atoms with Gasteiger partial charge in [-0.1, -0.05) is 17.7 Å². The molecule has 1 unspecified atom stereocenters. The van der Waals surface area contributed by atoms with Crippen LogP contribution in [0.5, 0.6) is 0 Å². The van der Waals surface area contributed by atoms with E-state index in [2.05, 4.69) is 4.74 Å². The van der Waals surface area contributed by atoms with Crippen LogP contribution in [0.2, 0.25) is 5.02 Å². The Hall–Kier alpha value is -1.13. The van der Waals surface area contributed by atoms with Gasteiger partial charge in [-0.3, -0.25) is 4.79 Å². The maximum absolute atomic E-state index is 12.9. The van der Waals surface area contributed by atoms with Crippen molar-refractivity contribution in [1.29, 1.82) is 0 Å². The fourth-order valence-corrected chi connectivity index (χ4v) is 1.47. The number of carbonyl (C=O) groups excluding carboxylic acids is 1. The van der Waals surface area contributed by atoms with Crippen LogP contribution in [0.1, 0.15) is 24.4 Å². The van der Waals surface area contributed by atoms with E-state index >= 15 is 0 Å². The lowest BCUT2D eigenvalue weighted by molar-refractivity contribution is -0.140. The van der Waals surface area contributed by atoms with Crippen LogP contribution < -0.4 is 5.73 Å². The van der Waals surface area contributed by atoms with E-state index in [4.69, 9.17) is 17.3 Å². The van der Waals surface area contributed by atoms with Crippen LogP contribution in [-0.2, 0) is 9.53 Å². The largest absolute Gasteiger partial charge is 0.469 e. The minimum Gasteiger partial charge on any atom is -0.469 e. The van der Waals surface area contributed by atoms with Crippen molar-refractivity contribution >= 4 is 17.6 Å². The van der Waals surface area contributed by atoms with E-state index in [9.17, 15) is 9.18 Å². The number of halogens is 2. The summed E-state index contributed by atoms with van der Waals surface area (Å²) < 4.78 is 17.4. The number of esters is 1. The highest BCUT2D eigenvalue weighted by Crippen LogP contribution is 2.22. The minimum absolute atomic E-state index is 0.0334. The van der Waals surface area contributed by atoms with Gasteiger partial charge in [0.2, 0.25) is 0 Å². The van der Waals surface area contributed by atoms with Crippen LogP contribution in [0.4, 0.5) is 4.39 Å². The molecule has 1 aromatic carbocycles. The maximum atomic E-state index is 12.9. The third-order valence-corrected chi connectivity index (χ3v) is 2.55. The summed E-state index contributed by atoms with van der Waals surface area (Å²) in [7, 11) is 1.32. The summed E-state index contributed by atoms with van der Waals surface area (Å²) in [5.41, 5.74) is 6.53. The van der Waals surface area contributed by atoms with Crippen molar-refractivity contribution in [3.05, 3.63) is 34.6 Å².